The summed E-state index contributed by atoms with van der Waals surface area (Å²) in [5.74, 6) is -0.450. The van der Waals surface area contributed by atoms with Crippen LogP contribution in [0.3, 0.4) is 0 Å². The van der Waals surface area contributed by atoms with E-state index in [1.807, 2.05) is 0 Å². The number of nitrogens with zero attached hydrogens (tertiary/aromatic N) is 5. The lowest BCUT2D eigenvalue weighted by Gasteiger charge is -2.14. The topological polar surface area (TPSA) is 77.1 Å². The average molecular weight is 386 g/mol. The van der Waals surface area contributed by atoms with Crippen molar-refractivity contribution in [2.45, 2.75) is 13.1 Å². The highest BCUT2D eigenvalue weighted by molar-refractivity contribution is 6.07. The summed E-state index contributed by atoms with van der Waals surface area (Å²) in [5.41, 5.74) is -0.0681. The number of aromatic nitrogens is 5. The van der Waals surface area contributed by atoms with E-state index in [-0.39, 0.29) is 17.1 Å². The zero-order valence-corrected chi connectivity index (χ0v) is 14.5. The first kappa shape index (κ1) is 17.7. The summed E-state index contributed by atoms with van der Waals surface area (Å²) < 4.78 is 42.6. The SMILES string of the molecule is Cc1cc(NC(=O)c2cnn3cccnc23)n(-c2ccccc2C(F)(F)F)n1. The largest absolute Gasteiger partial charge is 0.418 e. The minimum Gasteiger partial charge on any atom is -0.306 e. The van der Waals surface area contributed by atoms with Crippen molar-refractivity contribution < 1.29 is 18.0 Å². The Hall–Kier alpha value is -3.69. The quantitative estimate of drug-likeness (QED) is 0.585. The van der Waals surface area contributed by atoms with Crippen molar-refractivity contribution >= 4 is 17.4 Å². The number of carbonyl (C=O) groups is 1. The zero-order chi connectivity index (χ0) is 19.9. The summed E-state index contributed by atoms with van der Waals surface area (Å²) in [5, 5.41) is 10.8. The Morgan fingerprint density at radius 3 is 2.75 bits per heavy atom. The molecule has 1 amide bonds. The highest BCUT2D eigenvalue weighted by Gasteiger charge is 2.34. The van der Waals surface area contributed by atoms with Crippen molar-refractivity contribution in [1.82, 2.24) is 24.4 Å². The first-order valence-electron chi connectivity index (χ1n) is 8.17. The molecule has 3 aromatic heterocycles. The number of anilines is 1. The van der Waals surface area contributed by atoms with Crippen LogP contribution in [0.5, 0.6) is 0 Å². The Kier molecular flexibility index (Phi) is 4.10. The van der Waals surface area contributed by atoms with Gasteiger partial charge in [0.1, 0.15) is 11.4 Å². The third-order valence-corrected chi connectivity index (χ3v) is 4.03. The standard InChI is InChI=1S/C18H13F3N6O/c1-11-9-15(24-17(28)12-10-23-26-8-4-7-22-16(12)26)27(25-11)14-6-3-2-5-13(14)18(19,20)21/h2-10H,1H3,(H,24,28). The maximum absolute atomic E-state index is 13.4. The molecule has 0 unspecified atom stereocenters. The minimum absolute atomic E-state index is 0.106. The number of halogens is 3. The van der Waals surface area contributed by atoms with Gasteiger partial charge in [0.15, 0.2) is 5.65 Å². The van der Waals surface area contributed by atoms with Crippen LogP contribution in [0, 0.1) is 6.92 Å². The molecule has 0 aliphatic heterocycles. The second-order valence-corrected chi connectivity index (χ2v) is 6.00. The monoisotopic (exact) mass is 386 g/mol. The number of benzene rings is 1. The number of alkyl halides is 3. The minimum atomic E-state index is -4.57. The van der Waals surface area contributed by atoms with Gasteiger partial charge in [-0.2, -0.15) is 23.4 Å². The first-order chi connectivity index (χ1) is 13.3. The Bertz CT molecular complexity index is 1180. The van der Waals surface area contributed by atoms with E-state index in [0.717, 1.165) is 10.7 Å². The summed E-state index contributed by atoms with van der Waals surface area (Å²) in [7, 11) is 0. The molecule has 4 aromatic rings. The predicted molar refractivity (Wildman–Crippen MR) is 94.2 cm³/mol. The molecule has 1 aromatic carbocycles. The van der Waals surface area contributed by atoms with Crippen molar-refractivity contribution in [1.29, 1.82) is 0 Å². The van der Waals surface area contributed by atoms with Gasteiger partial charge in [-0.3, -0.25) is 4.79 Å². The third-order valence-electron chi connectivity index (χ3n) is 4.03. The highest BCUT2D eigenvalue weighted by Crippen LogP contribution is 2.34. The van der Waals surface area contributed by atoms with Crippen LogP contribution >= 0.6 is 0 Å². The number of hydrogen-bond donors (Lipinski definition) is 1. The molecule has 1 N–H and O–H groups in total. The van der Waals surface area contributed by atoms with E-state index in [2.05, 4.69) is 20.5 Å². The Labute approximate surface area is 156 Å². The Morgan fingerprint density at radius 2 is 1.96 bits per heavy atom. The normalized spacial score (nSPS) is 11.7. The zero-order valence-electron chi connectivity index (χ0n) is 14.5. The number of hydrogen-bond acceptors (Lipinski definition) is 4. The smallest absolute Gasteiger partial charge is 0.306 e. The van der Waals surface area contributed by atoms with Crippen molar-refractivity contribution in [3.63, 3.8) is 0 Å². The van der Waals surface area contributed by atoms with Crippen LogP contribution in [0.15, 0.2) is 55.0 Å². The van der Waals surface area contributed by atoms with Gasteiger partial charge in [-0.05, 0) is 25.1 Å². The average Bonchev–Trinajstić information content (AvgIpc) is 3.24. The van der Waals surface area contributed by atoms with E-state index in [1.165, 1.54) is 41.2 Å². The molecule has 0 saturated carbocycles. The van der Waals surface area contributed by atoms with Gasteiger partial charge >= 0.3 is 6.18 Å². The molecule has 4 rings (SSSR count). The third kappa shape index (κ3) is 3.08. The Morgan fingerprint density at radius 1 is 1.18 bits per heavy atom. The van der Waals surface area contributed by atoms with Gasteiger partial charge in [0.25, 0.3) is 5.91 Å². The molecular formula is C18H13F3N6O. The predicted octanol–water partition coefficient (Wildman–Crippen LogP) is 3.49. The molecule has 0 radical (unpaired) electrons. The molecule has 0 fully saturated rings. The van der Waals surface area contributed by atoms with Crippen LogP contribution in [-0.4, -0.2) is 30.3 Å². The lowest BCUT2D eigenvalue weighted by atomic mass is 10.1. The summed E-state index contributed by atoms with van der Waals surface area (Å²) in [6.45, 7) is 1.62. The fourth-order valence-corrected chi connectivity index (χ4v) is 2.84. The molecule has 7 nitrogen and oxygen atoms in total. The number of fused-ring (bicyclic) bond motifs is 1. The van der Waals surface area contributed by atoms with E-state index in [0.29, 0.717) is 11.3 Å². The second-order valence-electron chi connectivity index (χ2n) is 6.00. The van der Waals surface area contributed by atoms with E-state index >= 15 is 0 Å². The van der Waals surface area contributed by atoms with Crippen LogP contribution in [0.1, 0.15) is 21.6 Å². The molecule has 0 bridgehead atoms. The number of para-hydroxylation sites is 1. The molecule has 10 heteroatoms. The molecule has 28 heavy (non-hydrogen) atoms. The maximum atomic E-state index is 13.4. The molecule has 0 atom stereocenters. The first-order valence-corrected chi connectivity index (χ1v) is 8.17. The van der Waals surface area contributed by atoms with E-state index in [4.69, 9.17) is 0 Å². The van der Waals surface area contributed by atoms with Gasteiger partial charge in [-0.1, -0.05) is 12.1 Å². The van der Waals surface area contributed by atoms with Gasteiger partial charge in [0, 0.05) is 18.5 Å². The van der Waals surface area contributed by atoms with Crippen LogP contribution < -0.4 is 5.32 Å². The second kappa shape index (κ2) is 6.48. The van der Waals surface area contributed by atoms with Crippen molar-refractivity contribution in [2.24, 2.45) is 0 Å². The van der Waals surface area contributed by atoms with Gasteiger partial charge in [0.05, 0.1) is 23.1 Å². The van der Waals surface area contributed by atoms with Gasteiger partial charge in [0.2, 0.25) is 0 Å². The lowest BCUT2D eigenvalue weighted by Crippen LogP contribution is -2.17. The summed E-state index contributed by atoms with van der Waals surface area (Å²) in [6, 6.07) is 8.18. The van der Waals surface area contributed by atoms with E-state index in [1.54, 1.807) is 19.2 Å². The molecule has 0 spiro atoms. The number of carbonyl (C=O) groups excluding carboxylic acids is 1. The van der Waals surface area contributed by atoms with Gasteiger partial charge in [-0.25, -0.2) is 14.2 Å². The van der Waals surface area contributed by atoms with E-state index < -0.39 is 17.6 Å². The number of nitrogens with one attached hydrogen (secondary N) is 1. The molecule has 0 saturated heterocycles. The Balaban J connectivity index is 1.75. The number of rotatable bonds is 3. The van der Waals surface area contributed by atoms with Crippen molar-refractivity contribution in [3.8, 4) is 5.69 Å². The molecule has 3 heterocycles. The van der Waals surface area contributed by atoms with Gasteiger partial charge < -0.3 is 5.32 Å². The molecular weight excluding hydrogens is 373 g/mol. The van der Waals surface area contributed by atoms with Gasteiger partial charge in [-0.15, -0.1) is 0 Å². The van der Waals surface area contributed by atoms with Crippen LogP contribution in [0.2, 0.25) is 0 Å². The lowest BCUT2D eigenvalue weighted by molar-refractivity contribution is -0.137. The highest BCUT2D eigenvalue weighted by atomic mass is 19.4. The van der Waals surface area contributed by atoms with Crippen LogP contribution in [0.4, 0.5) is 19.0 Å². The molecule has 0 aliphatic rings. The van der Waals surface area contributed by atoms with Crippen LogP contribution in [-0.2, 0) is 6.18 Å². The van der Waals surface area contributed by atoms with Crippen molar-refractivity contribution in [3.05, 3.63) is 71.8 Å². The van der Waals surface area contributed by atoms with E-state index in [9.17, 15) is 18.0 Å². The molecule has 0 aliphatic carbocycles. The van der Waals surface area contributed by atoms with Crippen LogP contribution in [0.25, 0.3) is 11.3 Å². The fraction of sp³-hybridized carbons (Fsp3) is 0.111. The maximum Gasteiger partial charge on any atom is 0.418 e. The van der Waals surface area contributed by atoms with Crippen molar-refractivity contribution in [2.75, 3.05) is 5.32 Å². The number of aryl methyl sites for hydroxylation is 1. The summed E-state index contributed by atoms with van der Waals surface area (Å²) in [4.78, 5) is 16.8. The summed E-state index contributed by atoms with van der Waals surface area (Å²) >= 11 is 0. The number of amides is 1. The summed E-state index contributed by atoms with van der Waals surface area (Å²) in [6.07, 6.45) is -0.0756. The molecule has 142 valence electrons. The fourth-order valence-electron chi connectivity index (χ4n) is 2.84.